The minimum Gasteiger partial charge on any atom is -0.291 e. The highest BCUT2D eigenvalue weighted by Gasteiger charge is 2.32. The summed E-state index contributed by atoms with van der Waals surface area (Å²) in [5.41, 5.74) is 2.68. The lowest BCUT2D eigenvalue weighted by molar-refractivity contribution is 0.212. The van der Waals surface area contributed by atoms with Gasteiger partial charge in [-0.05, 0) is 32.0 Å². The van der Waals surface area contributed by atoms with Gasteiger partial charge in [0.25, 0.3) is 0 Å². The Labute approximate surface area is 79.6 Å². The monoisotopic (exact) mass is 176 g/mol. The van der Waals surface area contributed by atoms with Crippen molar-refractivity contribution in [2.45, 2.75) is 32.4 Å². The van der Waals surface area contributed by atoms with Crippen LogP contribution in [0.3, 0.4) is 0 Å². The summed E-state index contributed by atoms with van der Waals surface area (Å²) in [4.78, 5) is 6.87. The molecule has 2 unspecified atom stereocenters. The van der Waals surface area contributed by atoms with E-state index in [-0.39, 0.29) is 0 Å². The number of pyridine rings is 1. The van der Waals surface area contributed by atoms with Crippen LogP contribution in [0.2, 0.25) is 0 Å². The standard InChI is InChI=1S/C11H16N2/c1-4-10-11-9(6-5-7-12-11)8(2)13(10)3/h5-8,10H,4H2,1-3H3. The molecule has 0 spiro atoms. The molecule has 1 aromatic heterocycles. The average Bonchev–Trinajstić information content (AvgIpc) is 2.41. The molecule has 0 bridgehead atoms. The molecule has 0 saturated heterocycles. The van der Waals surface area contributed by atoms with Gasteiger partial charge in [-0.15, -0.1) is 0 Å². The van der Waals surface area contributed by atoms with E-state index in [2.05, 4.69) is 36.8 Å². The molecular formula is C11H16N2. The van der Waals surface area contributed by atoms with Crippen LogP contribution < -0.4 is 0 Å². The molecular weight excluding hydrogens is 160 g/mol. The molecule has 0 amide bonds. The summed E-state index contributed by atoms with van der Waals surface area (Å²) in [6.07, 6.45) is 3.04. The van der Waals surface area contributed by atoms with Crippen LogP contribution in [-0.4, -0.2) is 16.9 Å². The maximum atomic E-state index is 4.47. The Morgan fingerprint density at radius 3 is 3.00 bits per heavy atom. The van der Waals surface area contributed by atoms with Crippen LogP contribution in [0.1, 0.15) is 43.6 Å². The lowest BCUT2D eigenvalue weighted by Crippen LogP contribution is -2.19. The van der Waals surface area contributed by atoms with E-state index in [4.69, 9.17) is 0 Å². The van der Waals surface area contributed by atoms with E-state index in [9.17, 15) is 0 Å². The fraction of sp³-hybridized carbons (Fsp3) is 0.545. The van der Waals surface area contributed by atoms with Crippen molar-refractivity contribution in [1.29, 1.82) is 0 Å². The second-order valence-corrected chi connectivity index (χ2v) is 3.74. The van der Waals surface area contributed by atoms with Crippen LogP contribution in [-0.2, 0) is 0 Å². The first-order chi connectivity index (χ1) is 6.25. The first-order valence-corrected chi connectivity index (χ1v) is 4.92. The summed E-state index contributed by atoms with van der Waals surface area (Å²) in [6, 6.07) is 5.26. The van der Waals surface area contributed by atoms with Crippen LogP contribution in [0.5, 0.6) is 0 Å². The van der Waals surface area contributed by atoms with E-state index < -0.39 is 0 Å². The SMILES string of the molecule is CCC1c2ncccc2C(C)N1C. The highest BCUT2D eigenvalue weighted by atomic mass is 15.2. The van der Waals surface area contributed by atoms with Crippen LogP contribution in [0.15, 0.2) is 18.3 Å². The molecule has 0 radical (unpaired) electrons. The van der Waals surface area contributed by atoms with Crippen molar-refractivity contribution < 1.29 is 0 Å². The van der Waals surface area contributed by atoms with Gasteiger partial charge in [-0.25, -0.2) is 0 Å². The second-order valence-electron chi connectivity index (χ2n) is 3.74. The molecule has 1 aliphatic heterocycles. The van der Waals surface area contributed by atoms with Gasteiger partial charge in [0.1, 0.15) is 0 Å². The minimum atomic E-state index is 0.520. The first kappa shape index (κ1) is 8.70. The quantitative estimate of drug-likeness (QED) is 0.653. The predicted molar refractivity (Wildman–Crippen MR) is 53.4 cm³/mol. The Bertz CT molecular complexity index is 309. The lowest BCUT2D eigenvalue weighted by Gasteiger charge is -2.21. The third kappa shape index (κ3) is 1.17. The topological polar surface area (TPSA) is 16.1 Å². The zero-order valence-corrected chi connectivity index (χ0v) is 8.49. The van der Waals surface area contributed by atoms with Gasteiger partial charge in [-0.2, -0.15) is 0 Å². The molecule has 0 aliphatic carbocycles. The summed E-state index contributed by atoms with van der Waals surface area (Å²) in [6.45, 7) is 4.47. The molecule has 70 valence electrons. The molecule has 1 aromatic rings. The number of hydrogen-bond acceptors (Lipinski definition) is 2. The third-order valence-corrected chi connectivity index (χ3v) is 3.13. The van der Waals surface area contributed by atoms with Crippen molar-refractivity contribution in [2.75, 3.05) is 7.05 Å². The molecule has 13 heavy (non-hydrogen) atoms. The smallest absolute Gasteiger partial charge is 0.0623 e. The maximum Gasteiger partial charge on any atom is 0.0623 e. The molecule has 2 atom stereocenters. The predicted octanol–water partition coefficient (Wildman–Crippen LogP) is 2.54. The number of hydrogen-bond donors (Lipinski definition) is 0. The number of rotatable bonds is 1. The molecule has 2 heteroatoms. The van der Waals surface area contributed by atoms with Gasteiger partial charge < -0.3 is 0 Å². The third-order valence-electron chi connectivity index (χ3n) is 3.13. The normalized spacial score (nSPS) is 27.6. The summed E-state index contributed by atoms with van der Waals surface area (Å²) in [5.74, 6) is 0. The molecule has 0 aromatic carbocycles. The van der Waals surface area contributed by atoms with Crippen LogP contribution in [0.25, 0.3) is 0 Å². The number of nitrogens with zero attached hydrogens (tertiary/aromatic N) is 2. The van der Waals surface area contributed by atoms with Crippen molar-refractivity contribution in [3.8, 4) is 0 Å². The molecule has 2 nitrogen and oxygen atoms in total. The molecule has 1 aliphatic rings. The average molecular weight is 176 g/mol. The molecule has 2 rings (SSSR count). The Balaban J connectivity index is 2.47. The Morgan fingerprint density at radius 2 is 2.31 bits per heavy atom. The van der Waals surface area contributed by atoms with Crippen LogP contribution in [0.4, 0.5) is 0 Å². The summed E-state index contributed by atoms with van der Waals surface area (Å²) < 4.78 is 0. The van der Waals surface area contributed by atoms with Gasteiger partial charge in [-0.1, -0.05) is 13.0 Å². The number of fused-ring (bicyclic) bond motifs is 1. The lowest BCUT2D eigenvalue weighted by atomic mass is 10.1. The molecule has 0 N–H and O–H groups in total. The van der Waals surface area contributed by atoms with E-state index >= 15 is 0 Å². The number of aromatic nitrogens is 1. The van der Waals surface area contributed by atoms with Gasteiger partial charge in [0.15, 0.2) is 0 Å². The fourth-order valence-electron chi connectivity index (χ4n) is 2.23. The van der Waals surface area contributed by atoms with Gasteiger partial charge in [0, 0.05) is 12.2 Å². The molecule has 0 saturated carbocycles. The van der Waals surface area contributed by atoms with Gasteiger partial charge in [-0.3, -0.25) is 9.88 Å². The largest absolute Gasteiger partial charge is 0.291 e. The summed E-state index contributed by atoms with van der Waals surface area (Å²) in [7, 11) is 2.18. The van der Waals surface area contributed by atoms with Gasteiger partial charge >= 0.3 is 0 Å². The van der Waals surface area contributed by atoms with E-state index in [1.807, 2.05) is 12.3 Å². The van der Waals surface area contributed by atoms with Crippen molar-refractivity contribution in [2.24, 2.45) is 0 Å². The second kappa shape index (κ2) is 3.11. The maximum absolute atomic E-state index is 4.47. The zero-order valence-electron chi connectivity index (χ0n) is 8.49. The Hall–Kier alpha value is -0.890. The summed E-state index contributed by atoms with van der Waals surface area (Å²) in [5, 5.41) is 0. The van der Waals surface area contributed by atoms with E-state index in [1.54, 1.807) is 0 Å². The van der Waals surface area contributed by atoms with Crippen LogP contribution in [0, 0.1) is 0 Å². The zero-order chi connectivity index (χ0) is 9.42. The Kier molecular flexibility index (Phi) is 2.08. The highest BCUT2D eigenvalue weighted by Crippen LogP contribution is 2.40. The molecule has 2 heterocycles. The minimum absolute atomic E-state index is 0.520. The van der Waals surface area contributed by atoms with E-state index in [0.29, 0.717) is 12.1 Å². The van der Waals surface area contributed by atoms with E-state index in [1.165, 1.54) is 11.3 Å². The van der Waals surface area contributed by atoms with Crippen molar-refractivity contribution in [3.63, 3.8) is 0 Å². The van der Waals surface area contributed by atoms with Crippen molar-refractivity contribution in [3.05, 3.63) is 29.6 Å². The van der Waals surface area contributed by atoms with E-state index in [0.717, 1.165) is 6.42 Å². The molecule has 0 fully saturated rings. The fourth-order valence-corrected chi connectivity index (χ4v) is 2.23. The highest BCUT2D eigenvalue weighted by molar-refractivity contribution is 5.30. The van der Waals surface area contributed by atoms with Crippen molar-refractivity contribution >= 4 is 0 Å². The first-order valence-electron chi connectivity index (χ1n) is 4.92. The van der Waals surface area contributed by atoms with Crippen molar-refractivity contribution in [1.82, 2.24) is 9.88 Å². The summed E-state index contributed by atoms with van der Waals surface area (Å²) >= 11 is 0. The van der Waals surface area contributed by atoms with Gasteiger partial charge in [0.2, 0.25) is 0 Å². The van der Waals surface area contributed by atoms with Gasteiger partial charge in [0.05, 0.1) is 11.7 Å². The van der Waals surface area contributed by atoms with Crippen LogP contribution >= 0.6 is 0 Å². The Morgan fingerprint density at radius 1 is 1.54 bits per heavy atom.